The van der Waals surface area contributed by atoms with Crippen molar-refractivity contribution in [3.05, 3.63) is 30.5 Å². The summed E-state index contributed by atoms with van der Waals surface area (Å²) in [6, 6.07) is 8.32. The fourth-order valence-electron chi connectivity index (χ4n) is 3.57. The summed E-state index contributed by atoms with van der Waals surface area (Å²) >= 11 is 1.28. The Morgan fingerprint density at radius 1 is 0.926 bits per heavy atom. The van der Waals surface area contributed by atoms with Crippen molar-refractivity contribution in [3.63, 3.8) is 0 Å². The third-order valence-electron chi connectivity index (χ3n) is 5.26. The molecule has 2 rings (SSSR count). The molecule has 2 radical (unpaired) electrons. The summed E-state index contributed by atoms with van der Waals surface area (Å²) in [7, 11) is 1.71. The van der Waals surface area contributed by atoms with Gasteiger partial charge in [-0.2, -0.15) is 0 Å². The van der Waals surface area contributed by atoms with E-state index in [9.17, 15) is 0 Å². The maximum atomic E-state index is 5.28. The van der Waals surface area contributed by atoms with E-state index in [1.807, 2.05) is 23.5 Å². The van der Waals surface area contributed by atoms with Crippen LogP contribution in [0.4, 0.5) is 0 Å². The van der Waals surface area contributed by atoms with Gasteiger partial charge in [0.2, 0.25) is 0 Å². The Morgan fingerprint density at radius 2 is 1.48 bits per heavy atom. The van der Waals surface area contributed by atoms with E-state index in [0.717, 1.165) is 5.75 Å². The second-order valence-corrected chi connectivity index (χ2v) is 14.8. The van der Waals surface area contributed by atoms with Crippen LogP contribution in [0.2, 0.25) is 3.43 Å². The molecule has 27 heavy (non-hydrogen) atoms. The van der Waals surface area contributed by atoms with Crippen molar-refractivity contribution in [3.8, 4) is 16.3 Å². The predicted molar refractivity (Wildman–Crippen MR) is 121 cm³/mol. The van der Waals surface area contributed by atoms with Gasteiger partial charge in [0.1, 0.15) is 0 Å². The minimum atomic E-state index is -0.672. The van der Waals surface area contributed by atoms with Gasteiger partial charge in [0.05, 0.1) is 0 Å². The Hall–Kier alpha value is -0.551. The van der Waals surface area contributed by atoms with Gasteiger partial charge in [-0.05, 0) is 0 Å². The zero-order valence-electron chi connectivity index (χ0n) is 17.5. The summed E-state index contributed by atoms with van der Waals surface area (Å²) < 4.78 is 7.53. The molecule has 0 unspecified atom stereocenters. The van der Waals surface area contributed by atoms with Gasteiger partial charge in [0.25, 0.3) is 0 Å². The van der Waals surface area contributed by atoms with Crippen LogP contribution in [0.3, 0.4) is 0 Å². The van der Waals surface area contributed by atoms with Gasteiger partial charge in [-0.3, -0.25) is 0 Å². The van der Waals surface area contributed by atoms with E-state index < -0.39 is 21.1 Å². The van der Waals surface area contributed by atoms with E-state index in [1.54, 1.807) is 10.0 Å². The second kappa shape index (κ2) is 12.1. The Morgan fingerprint density at radius 3 is 1.96 bits per heavy atom. The van der Waals surface area contributed by atoms with Crippen molar-refractivity contribution in [1.82, 2.24) is 4.98 Å². The molecule has 0 saturated heterocycles. The van der Waals surface area contributed by atoms with Crippen molar-refractivity contribution in [2.75, 3.05) is 7.11 Å². The Labute approximate surface area is 180 Å². The van der Waals surface area contributed by atoms with E-state index in [0.29, 0.717) is 3.43 Å². The van der Waals surface area contributed by atoms with Crippen LogP contribution in [0, 0.1) is 0 Å². The van der Waals surface area contributed by atoms with E-state index >= 15 is 0 Å². The van der Waals surface area contributed by atoms with Crippen molar-refractivity contribution >= 4 is 35.4 Å². The van der Waals surface area contributed by atoms with E-state index in [1.165, 1.54) is 68.4 Å². The third-order valence-corrected chi connectivity index (χ3v) is 12.4. The molecule has 0 aliphatic rings. The molecule has 1 aromatic heterocycles. The molecule has 0 aliphatic carbocycles. The molecule has 0 fully saturated rings. The minimum absolute atomic E-state index is 0.634. The van der Waals surface area contributed by atoms with Gasteiger partial charge in [-0.15, -0.1) is 0 Å². The fraction of sp³-hybridized carbons (Fsp3) is 0.609. The first-order valence-corrected chi connectivity index (χ1v) is 14.2. The van der Waals surface area contributed by atoms with Crippen molar-refractivity contribution < 1.29 is 4.74 Å². The molecular formula is C23H35NOSSn. The number of thiazole rings is 1. The van der Waals surface area contributed by atoms with Gasteiger partial charge < -0.3 is 0 Å². The summed E-state index contributed by atoms with van der Waals surface area (Å²) in [6.07, 6.45) is 14.6. The third kappa shape index (κ3) is 7.08. The van der Waals surface area contributed by atoms with Gasteiger partial charge in [0, 0.05) is 0 Å². The Bertz CT molecular complexity index is 631. The SMILES string of the molecule is CCCC[C](CCCC)(CCCC)[Sn][c]1cnc(-c2ccc(OC)cc2)s1. The van der Waals surface area contributed by atoms with Crippen molar-refractivity contribution in [2.24, 2.45) is 0 Å². The fourth-order valence-corrected chi connectivity index (χ4v) is 11.5. The first-order valence-electron chi connectivity index (χ1n) is 10.5. The number of benzene rings is 1. The number of rotatable bonds is 13. The number of hydrogen-bond acceptors (Lipinski definition) is 3. The molecule has 2 aromatic rings. The Balaban J connectivity index is 2.18. The van der Waals surface area contributed by atoms with Crippen LogP contribution in [0.5, 0.6) is 5.75 Å². The summed E-state index contributed by atoms with van der Waals surface area (Å²) in [5.41, 5.74) is 1.22. The zero-order chi connectivity index (χ0) is 19.5. The molecule has 0 atom stereocenters. The molecule has 148 valence electrons. The number of hydrogen-bond donors (Lipinski definition) is 0. The maximum absolute atomic E-state index is 5.28. The van der Waals surface area contributed by atoms with Gasteiger partial charge in [-0.25, -0.2) is 0 Å². The normalized spacial score (nSPS) is 11.7. The molecule has 0 saturated carbocycles. The summed E-state index contributed by atoms with van der Waals surface area (Å²) in [6.45, 7) is 7.01. The average Bonchev–Trinajstić information content (AvgIpc) is 3.17. The predicted octanol–water partition coefficient (Wildman–Crippen LogP) is 6.88. The van der Waals surface area contributed by atoms with Crippen LogP contribution in [0.1, 0.15) is 78.6 Å². The van der Waals surface area contributed by atoms with Crippen LogP contribution in [-0.4, -0.2) is 33.2 Å². The second-order valence-electron chi connectivity index (χ2n) is 7.47. The molecule has 0 amide bonds. The van der Waals surface area contributed by atoms with E-state index in [-0.39, 0.29) is 0 Å². The van der Waals surface area contributed by atoms with Crippen LogP contribution >= 0.6 is 11.3 Å². The Kier molecular flexibility index (Phi) is 10.2. The molecular weight excluding hydrogens is 457 g/mol. The van der Waals surface area contributed by atoms with E-state index in [2.05, 4.69) is 39.1 Å². The summed E-state index contributed by atoms with van der Waals surface area (Å²) in [4.78, 5) is 4.79. The number of nitrogens with zero attached hydrogens (tertiary/aromatic N) is 1. The topological polar surface area (TPSA) is 22.1 Å². The zero-order valence-corrected chi connectivity index (χ0v) is 21.2. The molecule has 1 aromatic carbocycles. The van der Waals surface area contributed by atoms with Crippen LogP contribution < -0.4 is 7.63 Å². The standard InChI is InChI=1S/C13H27.C10H8NOS.Sn/c1-4-7-10-13(11-8-5-2)12-9-6-3;1-12-9-4-2-8(3-5-9)10-11-6-7-13-10;/h4-12H2,1-3H3;2-6H,1H3;. The average molecular weight is 492 g/mol. The molecule has 0 bridgehead atoms. The number of aromatic nitrogens is 1. The monoisotopic (exact) mass is 493 g/mol. The van der Waals surface area contributed by atoms with Crippen LogP contribution in [0.15, 0.2) is 30.5 Å². The summed E-state index contributed by atoms with van der Waals surface area (Å²) in [5, 5.41) is 1.17. The molecule has 0 N–H and O–H groups in total. The molecule has 0 aliphatic heterocycles. The molecule has 1 heterocycles. The van der Waals surface area contributed by atoms with Gasteiger partial charge >= 0.3 is 181 Å². The molecule has 2 nitrogen and oxygen atoms in total. The van der Waals surface area contributed by atoms with Crippen molar-refractivity contribution in [1.29, 1.82) is 0 Å². The number of ether oxygens (including phenoxy) is 1. The van der Waals surface area contributed by atoms with Gasteiger partial charge in [0.15, 0.2) is 0 Å². The van der Waals surface area contributed by atoms with Crippen molar-refractivity contribution in [2.45, 2.75) is 82.0 Å². The number of methoxy groups -OCH3 is 1. The number of unbranched alkanes of at least 4 members (excludes halogenated alkanes) is 3. The first-order chi connectivity index (χ1) is 13.2. The van der Waals surface area contributed by atoms with Gasteiger partial charge in [-0.1, -0.05) is 0 Å². The summed E-state index contributed by atoms with van der Waals surface area (Å²) in [5.74, 6) is 0.907. The van der Waals surface area contributed by atoms with Crippen LogP contribution in [-0.2, 0) is 0 Å². The van der Waals surface area contributed by atoms with Crippen LogP contribution in [0.25, 0.3) is 10.6 Å². The van der Waals surface area contributed by atoms with E-state index in [4.69, 9.17) is 9.72 Å². The molecule has 0 spiro atoms. The quantitative estimate of drug-likeness (QED) is 0.285. The first kappa shape index (κ1) is 22.7. The molecule has 4 heteroatoms.